The average molecular weight is 340 g/mol. The summed E-state index contributed by atoms with van der Waals surface area (Å²) in [4.78, 5) is 47.2. The lowest BCUT2D eigenvalue weighted by atomic mass is 9.60. The van der Waals surface area contributed by atoms with Gasteiger partial charge in [0.05, 0.1) is 0 Å². The van der Waals surface area contributed by atoms with Crippen LogP contribution >= 0.6 is 0 Å². The van der Waals surface area contributed by atoms with Crippen molar-refractivity contribution in [3.8, 4) is 0 Å². The van der Waals surface area contributed by atoms with E-state index in [1.54, 1.807) is 6.08 Å². The van der Waals surface area contributed by atoms with Gasteiger partial charge in [0, 0.05) is 0 Å². The van der Waals surface area contributed by atoms with Crippen LogP contribution in [-0.4, -0.2) is 44.3 Å². The van der Waals surface area contributed by atoms with Crippen LogP contribution < -0.4 is 0 Å². The van der Waals surface area contributed by atoms with E-state index in [0.29, 0.717) is 25.3 Å². The molecule has 0 radical (unpaired) electrons. The molecular weight excluding hydrogens is 320 g/mol. The summed E-state index contributed by atoms with van der Waals surface area (Å²) in [6.45, 7) is 0. The molecule has 0 spiro atoms. The van der Waals surface area contributed by atoms with E-state index >= 15 is 0 Å². The molecule has 0 aromatic heterocycles. The molecule has 0 bridgehead atoms. The predicted molar refractivity (Wildman–Crippen MR) is 81.4 cm³/mol. The number of allylic oxidation sites excluding steroid dienone is 3. The lowest BCUT2D eigenvalue weighted by molar-refractivity contribution is -0.191. The van der Waals surface area contributed by atoms with Crippen molar-refractivity contribution in [3.05, 3.63) is 24.3 Å². The van der Waals surface area contributed by atoms with E-state index < -0.39 is 41.1 Å². The highest BCUT2D eigenvalue weighted by atomic mass is 16.4. The fourth-order valence-electron chi connectivity index (χ4n) is 2.96. The number of carboxylic acids is 4. The van der Waals surface area contributed by atoms with Gasteiger partial charge in [0.15, 0.2) is 5.41 Å². The van der Waals surface area contributed by atoms with Crippen molar-refractivity contribution in [1.82, 2.24) is 0 Å². The van der Waals surface area contributed by atoms with Gasteiger partial charge in [-0.25, -0.2) is 0 Å². The summed E-state index contributed by atoms with van der Waals surface area (Å²) in [5, 5.41) is 38.1. The molecule has 1 aliphatic rings. The third kappa shape index (κ3) is 3.17. The summed E-state index contributed by atoms with van der Waals surface area (Å²) in [6.07, 6.45) is 7.05. The molecule has 8 heteroatoms. The van der Waals surface area contributed by atoms with Crippen molar-refractivity contribution in [2.75, 3.05) is 0 Å². The lowest BCUT2D eigenvalue weighted by Crippen LogP contribution is -2.60. The van der Waals surface area contributed by atoms with Gasteiger partial charge in [-0.15, -0.1) is 0 Å². The Labute approximate surface area is 138 Å². The Hall–Kier alpha value is -2.64. The van der Waals surface area contributed by atoms with Gasteiger partial charge in [-0.2, -0.15) is 0 Å². The van der Waals surface area contributed by atoms with E-state index in [4.69, 9.17) is 0 Å². The topological polar surface area (TPSA) is 149 Å². The monoisotopic (exact) mass is 340 g/mol. The van der Waals surface area contributed by atoms with Gasteiger partial charge < -0.3 is 20.4 Å². The van der Waals surface area contributed by atoms with Crippen LogP contribution in [0.5, 0.6) is 0 Å². The zero-order valence-electron chi connectivity index (χ0n) is 13.0. The van der Waals surface area contributed by atoms with Crippen LogP contribution in [-0.2, 0) is 19.2 Å². The van der Waals surface area contributed by atoms with E-state index in [-0.39, 0.29) is 6.42 Å². The Morgan fingerprint density at radius 3 is 1.75 bits per heavy atom. The third-order valence-corrected chi connectivity index (χ3v) is 4.34. The van der Waals surface area contributed by atoms with E-state index in [1.807, 2.05) is 0 Å². The molecule has 4 N–H and O–H groups in total. The van der Waals surface area contributed by atoms with Crippen LogP contribution in [0.15, 0.2) is 24.3 Å². The van der Waals surface area contributed by atoms with Crippen LogP contribution in [0.2, 0.25) is 0 Å². The molecule has 132 valence electrons. The standard InChI is InChI=1S/C16H20O8/c17-11(18)15(12(19)20)9-7-5-3-1-2-4-6-8-10-16(15,13(21)22)14(23)24/h3,5,7,9H,1-2,4,6,8,10H2,(H,17,18)(H,19,20)(H,21,22)(H,23,24). The first-order valence-electron chi connectivity index (χ1n) is 7.51. The minimum atomic E-state index is -3.12. The summed E-state index contributed by atoms with van der Waals surface area (Å²) in [5.74, 6) is -8.01. The largest absolute Gasteiger partial charge is 0.480 e. The summed E-state index contributed by atoms with van der Waals surface area (Å²) in [5.41, 5.74) is -6.12. The fourth-order valence-corrected chi connectivity index (χ4v) is 2.96. The van der Waals surface area contributed by atoms with Gasteiger partial charge in [-0.05, 0) is 19.3 Å². The molecule has 0 aromatic carbocycles. The highest BCUT2D eigenvalue weighted by Crippen LogP contribution is 2.47. The maximum absolute atomic E-state index is 11.8. The summed E-state index contributed by atoms with van der Waals surface area (Å²) in [7, 11) is 0. The van der Waals surface area contributed by atoms with Crippen molar-refractivity contribution in [3.63, 3.8) is 0 Å². The minimum Gasteiger partial charge on any atom is -0.480 e. The van der Waals surface area contributed by atoms with E-state index in [0.717, 1.165) is 12.5 Å². The quantitative estimate of drug-likeness (QED) is 0.565. The summed E-state index contributed by atoms with van der Waals surface area (Å²) >= 11 is 0. The van der Waals surface area contributed by atoms with Crippen molar-refractivity contribution >= 4 is 23.9 Å². The maximum atomic E-state index is 11.8. The van der Waals surface area contributed by atoms with Crippen LogP contribution in [0.25, 0.3) is 0 Å². The molecule has 0 aliphatic heterocycles. The molecular formula is C16H20O8. The highest BCUT2D eigenvalue weighted by Gasteiger charge is 2.69. The molecule has 1 aliphatic carbocycles. The highest BCUT2D eigenvalue weighted by molar-refractivity contribution is 6.14. The second-order valence-electron chi connectivity index (χ2n) is 5.67. The molecule has 1 rings (SSSR count). The summed E-state index contributed by atoms with van der Waals surface area (Å²) < 4.78 is 0. The number of hydrogen-bond acceptors (Lipinski definition) is 4. The number of aliphatic carboxylic acids is 4. The molecule has 0 atom stereocenters. The molecule has 0 saturated carbocycles. The molecule has 0 aromatic rings. The number of rotatable bonds is 4. The maximum Gasteiger partial charge on any atom is 0.326 e. The van der Waals surface area contributed by atoms with Gasteiger partial charge in [-0.3, -0.25) is 19.2 Å². The van der Waals surface area contributed by atoms with Crippen LogP contribution in [0, 0.1) is 10.8 Å². The van der Waals surface area contributed by atoms with E-state index in [2.05, 4.69) is 0 Å². The molecule has 0 unspecified atom stereocenters. The fraction of sp³-hybridized carbons (Fsp3) is 0.500. The van der Waals surface area contributed by atoms with Crippen molar-refractivity contribution in [1.29, 1.82) is 0 Å². The van der Waals surface area contributed by atoms with Gasteiger partial charge in [0.25, 0.3) is 0 Å². The first kappa shape index (κ1) is 19.4. The molecule has 0 amide bonds. The normalized spacial score (nSPS) is 20.3. The Balaban J connectivity index is 3.72. The van der Waals surface area contributed by atoms with Gasteiger partial charge in [-0.1, -0.05) is 43.6 Å². The second kappa shape index (κ2) is 7.76. The number of carboxylic acid groups (broad SMARTS) is 4. The predicted octanol–water partition coefficient (Wildman–Crippen LogP) is 1.76. The average Bonchev–Trinajstić information content (AvgIpc) is 2.46. The van der Waals surface area contributed by atoms with Crippen LogP contribution in [0.3, 0.4) is 0 Å². The van der Waals surface area contributed by atoms with E-state index in [9.17, 15) is 39.6 Å². The zero-order valence-corrected chi connectivity index (χ0v) is 13.0. The first-order chi connectivity index (χ1) is 11.2. The molecule has 8 nitrogen and oxygen atoms in total. The van der Waals surface area contributed by atoms with Gasteiger partial charge in [0.1, 0.15) is 0 Å². The minimum absolute atomic E-state index is 0.0957. The molecule has 24 heavy (non-hydrogen) atoms. The third-order valence-electron chi connectivity index (χ3n) is 4.34. The summed E-state index contributed by atoms with van der Waals surface area (Å²) in [6, 6.07) is 0. The van der Waals surface area contributed by atoms with Crippen molar-refractivity contribution in [2.45, 2.75) is 38.5 Å². The second-order valence-corrected chi connectivity index (χ2v) is 5.67. The smallest absolute Gasteiger partial charge is 0.326 e. The zero-order chi connectivity index (χ0) is 18.4. The van der Waals surface area contributed by atoms with E-state index in [1.165, 1.54) is 6.08 Å². The SMILES string of the molecule is O=C(O)C1(C(=O)O)C=CC=CCCCCCCC1(C(=O)O)C(=O)O. The molecule has 0 fully saturated rings. The molecule has 0 saturated heterocycles. The Morgan fingerprint density at radius 2 is 1.25 bits per heavy atom. The van der Waals surface area contributed by atoms with Crippen molar-refractivity contribution < 1.29 is 39.6 Å². The lowest BCUT2D eigenvalue weighted by Gasteiger charge is -2.37. The Morgan fingerprint density at radius 1 is 0.708 bits per heavy atom. The van der Waals surface area contributed by atoms with Gasteiger partial charge >= 0.3 is 23.9 Å². The Bertz CT molecular complexity index is 559. The molecule has 0 heterocycles. The van der Waals surface area contributed by atoms with Gasteiger partial charge in [0.2, 0.25) is 5.41 Å². The van der Waals surface area contributed by atoms with Crippen molar-refractivity contribution in [2.24, 2.45) is 10.8 Å². The van der Waals surface area contributed by atoms with Crippen LogP contribution in [0.4, 0.5) is 0 Å². The first-order valence-corrected chi connectivity index (χ1v) is 7.51. The number of carbonyl (C=O) groups is 4. The van der Waals surface area contributed by atoms with Crippen LogP contribution in [0.1, 0.15) is 38.5 Å². The Kier molecular flexibility index (Phi) is 6.27. The number of hydrogen-bond donors (Lipinski definition) is 4.